The van der Waals surface area contributed by atoms with Gasteiger partial charge in [-0.1, -0.05) is 0 Å². The van der Waals surface area contributed by atoms with Crippen LogP contribution in [0, 0.1) is 11.3 Å². The number of aromatic amines is 1. The van der Waals surface area contributed by atoms with Crippen molar-refractivity contribution in [3.8, 4) is 23.1 Å². The number of methoxy groups -OCH3 is 1. The summed E-state index contributed by atoms with van der Waals surface area (Å²) in [6, 6.07) is 13.0. The Balaban J connectivity index is 1.78. The highest BCUT2D eigenvalue weighted by atomic mass is 16.5. The number of nitrogens with one attached hydrogen (secondary N) is 2. The van der Waals surface area contributed by atoms with Gasteiger partial charge in [0.25, 0.3) is 5.91 Å². The van der Waals surface area contributed by atoms with Gasteiger partial charge >= 0.3 is 0 Å². The first-order valence-electron chi connectivity index (χ1n) is 8.18. The van der Waals surface area contributed by atoms with Crippen LogP contribution in [0.1, 0.15) is 11.1 Å². The number of carbonyl (C=O) groups is 1. The molecular weight excluding hydrogens is 342 g/mol. The summed E-state index contributed by atoms with van der Waals surface area (Å²) < 4.78 is 5.16. The molecule has 2 aromatic heterocycles. The van der Waals surface area contributed by atoms with Crippen molar-refractivity contribution >= 4 is 12.0 Å². The molecule has 134 valence electrons. The molecule has 27 heavy (non-hydrogen) atoms. The van der Waals surface area contributed by atoms with Gasteiger partial charge in [-0.25, -0.2) is 0 Å². The Morgan fingerprint density at radius 3 is 2.67 bits per heavy atom. The third-order valence-electron chi connectivity index (χ3n) is 3.91. The molecule has 7 nitrogen and oxygen atoms in total. The highest BCUT2D eigenvalue weighted by Crippen LogP contribution is 2.25. The third kappa shape index (κ3) is 4.38. The van der Waals surface area contributed by atoms with Crippen molar-refractivity contribution in [3.05, 3.63) is 71.7 Å². The maximum absolute atomic E-state index is 12.3. The van der Waals surface area contributed by atoms with Crippen molar-refractivity contribution in [3.63, 3.8) is 0 Å². The fourth-order valence-corrected chi connectivity index (χ4v) is 2.48. The molecular formula is C20H17N5O2. The number of hydrogen-bond donors (Lipinski definition) is 2. The Morgan fingerprint density at radius 1 is 1.26 bits per heavy atom. The van der Waals surface area contributed by atoms with Gasteiger partial charge in [-0.05, 0) is 48.0 Å². The van der Waals surface area contributed by atoms with E-state index in [1.54, 1.807) is 37.8 Å². The lowest BCUT2D eigenvalue weighted by molar-refractivity contribution is -0.117. The fraction of sp³-hybridized carbons (Fsp3) is 0.100. The molecule has 0 aliphatic heterocycles. The van der Waals surface area contributed by atoms with Gasteiger partial charge in [0.2, 0.25) is 0 Å². The Morgan fingerprint density at radius 2 is 2.00 bits per heavy atom. The van der Waals surface area contributed by atoms with Crippen molar-refractivity contribution < 1.29 is 9.53 Å². The van der Waals surface area contributed by atoms with E-state index in [0.717, 1.165) is 16.9 Å². The van der Waals surface area contributed by atoms with Crippen LogP contribution < -0.4 is 10.1 Å². The van der Waals surface area contributed by atoms with E-state index in [0.29, 0.717) is 17.8 Å². The van der Waals surface area contributed by atoms with Gasteiger partial charge in [0.05, 0.1) is 19.0 Å². The second-order valence-electron chi connectivity index (χ2n) is 5.64. The molecule has 0 fully saturated rings. The molecule has 3 rings (SSSR count). The fourth-order valence-electron chi connectivity index (χ4n) is 2.48. The number of nitriles is 1. The van der Waals surface area contributed by atoms with E-state index in [1.807, 2.05) is 30.3 Å². The van der Waals surface area contributed by atoms with Crippen LogP contribution >= 0.6 is 0 Å². The highest BCUT2D eigenvalue weighted by molar-refractivity contribution is 6.02. The van der Waals surface area contributed by atoms with E-state index in [-0.39, 0.29) is 5.57 Å². The molecule has 2 heterocycles. The van der Waals surface area contributed by atoms with Gasteiger partial charge in [-0.2, -0.15) is 10.4 Å². The van der Waals surface area contributed by atoms with E-state index in [4.69, 9.17) is 4.74 Å². The van der Waals surface area contributed by atoms with Gasteiger partial charge in [0.1, 0.15) is 17.4 Å². The van der Waals surface area contributed by atoms with Crippen molar-refractivity contribution in [1.82, 2.24) is 20.5 Å². The summed E-state index contributed by atoms with van der Waals surface area (Å²) in [5, 5.41) is 19.1. The Hall–Kier alpha value is -3.92. The average molecular weight is 359 g/mol. The smallest absolute Gasteiger partial charge is 0.262 e. The number of hydrogen-bond acceptors (Lipinski definition) is 5. The molecule has 0 saturated carbocycles. The van der Waals surface area contributed by atoms with Crippen molar-refractivity contribution in [2.75, 3.05) is 7.11 Å². The molecule has 2 N–H and O–H groups in total. The van der Waals surface area contributed by atoms with E-state index >= 15 is 0 Å². The second kappa shape index (κ2) is 8.45. The SMILES string of the molecule is COc1ccc(-c2[nH]ncc2/C=C(/C#N)C(=O)NCc2ccncc2)cc1. The van der Waals surface area contributed by atoms with E-state index in [9.17, 15) is 10.1 Å². The topological polar surface area (TPSA) is 104 Å². The number of nitrogens with zero attached hydrogens (tertiary/aromatic N) is 3. The Kier molecular flexibility index (Phi) is 5.60. The lowest BCUT2D eigenvalue weighted by Crippen LogP contribution is -2.23. The van der Waals surface area contributed by atoms with Crippen molar-refractivity contribution in [2.24, 2.45) is 0 Å². The summed E-state index contributed by atoms with van der Waals surface area (Å²) >= 11 is 0. The largest absolute Gasteiger partial charge is 0.497 e. The molecule has 7 heteroatoms. The summed E-state index contributed by atoms with van der Waals surface area (Å²) in [6.07, 6.45) is 6.39. The number of aromatic nitrogens is 3. The van der Waals surface area contributed by atoms with E-state index in [2.05, 4.69) is 20.5 Å². The summed E-state index contributed by atoms with van der Waals surface area (Å²) in [5.41, 5.74) is 3.13. The minimum absolute atomic E-state index is 0.000202. The minimum Gasteiger partial charge on any atom is -0.497 e. The standard InChI is InChI=1S/C20H17N5O2/c1-27-18-4-2-15(3-5-18)19-17(13-24-25-19)10-16(11-21)20(26)23-12-14-6-8-22-9-7-14/h2-10,13H,12H2,1H3,(H,23,26)(H,24,25)/b16-10-. The zero-order chi connectivity index (χ0) is 19.1. The number of ether oxygens (including phenoxy) is 1. The van der Waals surface area contributed by atoms with Gasteiger partial charge in [0, 0.05) is 30.1 Å². The molecule has 3 aromatic rings. The lowest BCUT2D eigenvalue weighted by atomic mass is 10.1. The predicted octanol–water partition coefficient (Wildman–Crippen LogP) is 2.70. The average Bonchev–Trinajstić information content (AvgIpc) is 3.19. The lowest BCUT2D eigenvalue weighted by Gasteiger charge is -2.05. The zero-order valence-corrected chi connectivity index (χ0v) is 14.6. The van der Waals surface area contributed by atoms with Gasteiger partial charge in [-0.15, -0.1) is 0 Å². The van der Waals surface area contributed by atoms with Gasteiger partial charge in [0.15, 0.2) is 0 Å². The number of H-pyrrole nitrogens is 1. The number of carbonyl (C=O) groups excluding carboxylic acids is 1. The zero-order valence-electron chi connectivity index (χ0n) is 14.6. The Bertz CT molecular complexity index is 985. The van der Waals surface area contributed by atoms with Crippen molar-refractivity contribution in [2.45, 2.75) is 6.54 Å². The summed E-state index contributed by atoms with van der Waals surface area (Å²) in [4.78, 5) is 16.3. The number of rotatable bonds is 6. The predicted molar refractivity (Wildman–Crippen MR) is 100 cm³/mol. The summed E-state index contributed by atoms with van der Waals surface area (Å²) in [7, 11) is 1.60. The van der Waals surface area contributed by atoms with E-state index in [1.165, 1.54) is 6.08 Å². The monoisotopic (exact) mass is 359 g/mol. The molecule has 1 aromatic carbocycles. The first-order chi connectivity index (χ1) is 13.2. The normalized spacial score (nSPS) is 10.9. The second-order valence-corrected chi connectivity index (χ2v) is 5.64. The van der Waals surface area contributed by atoms with Crippen LogP contribution in [0.4, 0.5) is 0 Å². The van der Waals surface area contributed by atoms with Crippen LogP contribution in [0.15, 0.2) is 60.6 Å². The molecule has 0 spiro atoms. The van der Waals surface area contributed by atoms with Crippen LogP contribution in [0.5, 0.6) is 5.75 Å². The molecule has 0 radical (unpaired) electrons. The van der Waals surface area contributed by atoms with Gasteiger partial charge < -0.3 is 10.1 Å². The minimum atomic E-state index is -0.448. The molecule has 0 aliphatic rings. The van der Waals surface area contributed by atoms with Crippen LogP contribution in [-0.2, 0) is 11.3 Å². The van der Waals surface area contributed by atoms with E-state index < -0.39 is 5.91 Å². The maximum Gasteiger partial charge on any atom is 0.262 e. The number of benzene rings is 1. The van der Waals surface area contributed by atoms with Crippen molar-refractivity contribution in [1.29, 1.82) is 5.26 Å². The molecule has 0 aliphatic carbocycles. The maximum atomic E-state index is 12.3. The van der Waals surface area contributed by atoms with Crippen LogP contribution in [-0.4, -0.2) is 28.2 Å². The van der Waals surface area contributed by atoms with Crippen LogP contribution in [0.2, 0.25) is 0 Å². The number of amides is 1. The Labute approximate surface area is 156 Å². The molecule has 0 bridgehead atoms. The third-order valence-corrected chi connectivity index (χ3v) is 3.91. The highest BCUT2D eigenvalue weighted by Gasteiger charge is 2.12. The van der Waals surface area contributed by atoms with Gasteiger partial charge in [-0.3, -0.25) is 14.9 Å². The molecule has 0 saturated heterocycles. The summed E-state index contributed by atoms with van der Waals surface area (Å²) in [6.45, 7) is 0.317. The summed E-state index contributed by atoms with van der Waals surface area (Å²) in [5.74, 6) is 0.291. The number of pyridine rings is 1. The van der Waals surface area contributed by atoms with Crippen LogP contribution in [0.3, 0.4) is 0 Å². The quantitative estimate of drug-likeness (QED) is 0.520. The first kappa shape index (κ1) is 17.9. The first-order valence-corrected chi connectivity index (χ1v) is 8.18. The molecule has 0 atom stereocenters. The molecule has 0 unspecified atom stereocenters. The molecule has 1 amide bonds. The van der Waals surface area contributed by atoms with Crippen LogP contribution in [0.25, 0.3) is 17.3 Å².